The Kier molecular flexibility index (Phi) is 9.18. The Balaban J connectivity index is 1.21. The van der Waals surface area contributed by atoms with Crippen molar-refractivity contribution >= 4 is 18.1 Å². The predicted octanol–water partition coefficient (Wildman–Crippen LogP) is 5.36. The van der Waals surface area contributed by atoms with Crippen molar-refractivity contribution in [3.05, 3.63) is 89.1 Å². The molecule has 11 nitrogen and oxygen atoms in total. The average Bonchev–Trinajstić information content (AvgIpc) is 3.43. The Morgan fingerprint density at radius 2 is 1.79 bits per heavy atom. The van der Waals surface area contributed by atoms with Crippen molar-refractivity contribution in [2.45, 2.75) is 45.3 Å². The highest BCUT2D eigenvalue weighted by atomic mass is 16.8. The molecule has 3 heterocycles. The molecule has 2 saturated heterocycles. The normalized spacial score (nSPS) is 18.5. The minimum absolute atomic E-state index is 0.0355. The van der Waals surface area contributed by atoms with Gasteiger partial charge in [-0.15, -0.1) is 0 Å². The van der Waals surface area contributed by atoms with Crippen LogP contribution in [0.1, 0.15) is 53.0 Å². The van der Waals surface area contributed by atoms with Crippen molar-refractivity contribution in [3.8, 4) is 11.6 Å². The second-order valence-corrected chi connectivity index (χ2v) is 10.1. The molecular formula is C31H34N4O7. The fourth-order valence-corrected chi connectivity index (χ4v) is 5.25. The number of aryl methyl sites for hydroxylation is 1. The number of carboxylic acids is 1. The zero-order valence-electron chi connectivity index (χ0n) is 23.6. The van der Waals surface area contributed by atoms with Gasteiger partial charge in [-0.3, -0.25) is 9.74 Å². The lowest BCUT2D eigenvalue weighted by molar-refractivity contribution is 0.0564. The lowest BCUT2D eigenvalue weighted by atomic mass is 9.98. The molecule has 0 unspecified atom stereocenters. The molecule has 1 atom stereocenters. The van der Waals surface area contributed by atoms with Crippen molar-refractivity contribution in [2.24, 2.45) is 5.16 Å². The summed E-state index contributed by atoms with van der Waals surface area (Å²) in [7, 11) is 0. The molecule has 3 aromatic rings. The van der Waals surface area contributed by atoms with Gasteiger partial charge in [-0.2, -0.15) is 0 Å². The molecule has 1 aromatic heterocycles. The Morgan fingerprint density at radius 1 is 1.05 bits per heavy atom. The molecule has 42 heavy (non-hydrogen) atoms. The molecule has 2 aliphatic rings. The van der Waals surface area contributed by atoms with E-state index in [0.717, 1.165) is 49.3 Å². The maximum absolute atomic E-state index is 11.8. The van der Waals surface area contributed by atoms with E-state index < -0.39 is 12.1 Å². The number of hydrogen-bond donors (Lipinski definition) is 1. The molecule has 0 saturated carbocycles. The third kappa shape index (κ3) is 6.98. The highest BCUT2D eigenvalue weighted by Crippen LogP contribution is 2.34. The maximum Gasteiger partial charge on any atom is 0.535 e. The summed E-state index contributed by atoms with van der Waals surface area (Å²) in [6.07, 6.45) is 0.902. The first-order valence-electron chi connectivity index (χ1n) is 14.0. The van der Waals surface area contributed by atoms with Gasteiger partial charge in [0.15, 0.2) is 0 Å². The number of aromatic nitrogens is 1. The summed E-state index contributed by atoms with van der Waals surface area (Å²) in [6, 6.07) is 20.6. The third-order valence-corrected chi connectivity index (χ3v) is 7.41. The number of carboxylic acid groups (broad SMARTS) is 1. The average molecular weight is 575 g/mol. The Bertz CT molecular complexity index is 1410. The van der Waals surface area contributed by atoms with Crippen molar-refractivity contribution in [1.82, 2.24) is 14.8 Å². The van der Waals surface area contributed by atoms with Crippen LogP contribution in [-0.4, -0.2) is 70.4 Å². The van der Waals surface area contributed by atoms with Crippen LogP contribution in [0.2, 0.25) is 0 Å². The van der Waals surface area contributed by atoms with E-state index in [4.69, 9.17) is 24.2 Å². The van der Waals surface area contributed by atoms with E-state index in [9.17, 15) is 9.59 Å². The van der Waals surface area contributed by atoms with Crippen molar-refractivity contribution in [1.29, 1.82) is 0 Å². The molecule has 5 rings (SSSR count). The van der Waals surface area contributed by atoms with Crippen LogP contribution in [0.15, 0.2) is 71.9 Å². The van der Waals surface area contributed by atoms with Gasteiger partial charge < -0.3 is 24.2 Å². The van der Waals surface area contributed by atoms with Gasteiger partial charge in [0.05, 0.1) is 18.2 Å². The summed E-state index contributed by atoms with van der Waals surface area (Å²) < 4.78 is 16.6. The van der Waals surface area contributed by atoms with E-state index in [1.54, 1.807) is 19.1 Å². The van der Waals surface area contributed by atoms with Crippen LogP contribution >= 0.6 is 0 Å². The number of carbonyl (C=O) groups is 2. The second kappa shape index (κ2) is 13.3. The maximum atomic E-state index is 11.8. The summed E-state index contributed by atoms with van der Waals surface area (Å²) in [5, 5.41) is 13.1. The molecule has 1 N–H and O–H groups in total. The number of oxime groups is 1. The highest BCUT2D eigenvalue weighted by Gasteiger charge is 2.39. The number of carbonyl (C=O) groups excluding carboxylic acids is 1. The fraction of sp³-hybridized carbons (Fsp3) is 0.355. The second-order valence-electron chi connectivity index (χ2n) is 10.1. The van der Waals surface area contributed by atoms with Gasteiger partial charge in [-0.05, 0) is 67.2 Å². The summed E-state index contributed by atoms with van der Waals surface area (Å²) >= 11 is 0. The number of aromatic carboxylic acids is 1. The smallest absolute Gasteiger partial charge is 0.478 e. The minimum atomic E-state index is -0.981. The van der Waals surface area contributed by atoms with Crippen LogP contribution in [0.25, 0.3) is 0 Å². The number of pyridine rings is 1. The number of amidine groups is 1. The molecule has 2 aromatic carbocycles. The zero-order chi connectivity index (χ0) is 29.5. The van der Waals surface area contributed by atoms with Crippen LogP contribution in [0, 0.1) is 6.92 Å². The number of hydrogen-bond acceptors (Lipinski definition) is 9. The minimum Gasteiger partial charge on any atom is -0.478 e. The van der Waals surface area contributed by atoms with Crippen molar-refractivity contribution in [3.63, 3.8) is 0 Å². The molecule has 0 radical (unpaired) electrons. The van der Waals surface area contributed by atoms with E-state index in [0.29, 0.717) is 24.3 Å². The van der Waals surface area contributed by atoms with E-state index in [1.807, 2.05) is 37.3 Å². The number of piperidine rings is 1. The van der Waals surface area contributed by atoms with Gasteiger partial charge in [-0.1, -0.05) is 36.4 Å². The van der Waals surface area contributed by atoms with E-state index in [1.165, 1.54) is 12.1 Å². The van der Waals surface area contributed by atoms with Crippen LogP contribution in [-0.2, 0) is 20.9 Å². The molecule has 2 fully saturated rings. The first-order chi connectivity index (χ1) is 20.4. The topological polar surface area (TPSA) is 123 Å². The van der Waals surface area contributed by atoms with Gasteiger partial charge >= 0.3 is 18.1 Å². The molecule has 0 spiro atoms. The Hall–Kier alpha value is -4.64. The fourth-order valence-electron chi connectivity index (χ4n) is 5.25. The molecule has 0 bridgehead atoms. The van der Waals surface area contributed by atoms with Crippen LogP contribution in [0.3, 0.4) is 0 Å². The lowest BCUT2D eigenvalue weighted by Crippen LogP contribution is -2.46. The Morgan fingerprint density at radius 3 is 2.45 bits per heavy atom. The zero-order valence-corrected chi connectivity index (χ0v) is 23.6. The predicted molar refractivity (Wildman–Crippen MR) is 153 cm³/mol. The van der Waals surface area contributed by atoms with Crippen LogP contribution in [0.5, 0.6) is 11.6 Å². The number of nitrogens with zero attached hydrogens (tertiary/aromatic N) is 4. The van der Waals surface area contributed by atoms with Gasteiger partial charge in [0, 0.05) is 37.4 Å². The summed E-state index contributed by atoms with van der Waals surface area (Å²) in [6.45, 7) is 6.76. The molecule has 0 aliphatic carbocycles. The van der Waals surface area contributed by atoms with E-state index >= 15 is 0 Å². The number of likely N-dealkylation sites (tertiary alicyclic amines) is 1. The van der Waals surface area contributed by atoms with Crippen LogP contribution in [0.4, 0.5) is 4.79 Å². The number of rotatable bonds is 9. The third-order valence-electron chi connectivity index (χ3n) is 7.41. The quantitative estimate of drug-likeness (QED) is 0.203. The standard InChI is InChI=1S/C31H34N4O7/c1-3-39-31(38)42-33-30-35(27(20-40-30)22-7-5-4-6-8-22)25-15-17-34(18-16-25)19-24-11-14-28(32-21(24)2)41-26-12-9-23(10-13-26)29(36)37/h4-14,25,27H,3,15-20H2,1-2H3,(H,36,37)/t27-/m0/s1. The van der Waals surface area contributed by atoms with Gasteiger partial charge in [0.1, 0.15) is 12.4 Å². The van der Waals surface area contributed by atoms with Gasteiger partial charge in [0.2, 0.25) is 5.88 Å². The SMILES string of the molecule is CCOC(=O)ON=C1OC[C@@H](c2ccccc2)N1C1CCN(Cc2ccc(Oc3ccc(C(=O)O)cc3)nc2C)CC1. The van der Waals surface area contributed by atoms with Crippen LogP contribution < -0.4 is 4.74 Å². The monoisotopic (exact) mass is 574 g/mol. The van der Waals surface area contributed by atoms with Gasteiger partial charge in [0.25, 0.3) is 0 Å². The summed E-state index contributed by atoms with van der Waals surface area (Å²) in [4.78, 5) is 36.9. The van der Waals surface area contributed by atoms with Gasteiger partial charge in [-0.25, -0.2) is 14.6 Å². The first-order valence-corrected chi connectivity index (χ1v) is 14.0. The van der Waals surface area contributed by atoms with E-state index in [-0.39, 0.29) is 24.3 Å². The molecule has 0 amide bonds. The Labute approximate surface area is 244 Å². The summed E-state index contributed by atoms with van der Waals surface area (Å²) in [5.41, 5.74) is 3.30. The lowest BCUT2D eigenvalue weighted by Gasteiger charge is -2.38. The molecule has 220 valence electrons. The van der Waals surface area contributed by atoms with E-state index in [2.05, 4.69) is 32.1 Å². The molecule has 2 aliphatic heterocycles. The van der Waals surface area contributed by atoms with Crippen molar-refractivity contribution in [2.75, 3.05) is 26.3 Å². The molecule has 11 heteroatoms. The highest BCUT2D eigenvalue weighted by molar-refractivity contribution is 5.87. The largest absolute Gasteiger partial charge is 0.535 e. The van der Waals surface area contributed by atoms with Crippen molar-refractivity contribution < 1.29 is 33.7 Å². The first kappa shape index (κ1) is 28.9. The number of benzene rings is 2. The summed E-state index contributed by atoms with van der Waals surface area (Å²) in [5.74, 6) is -0.00173. The molecular weight excluding hydrogens is 540 g/mol. The number of ether oxygens (including phenoxy) is 3.